The van der Waals surface area contributed by atoms with E-state index in [1.807, 2.05) is 0 Å². The summed E-state index contributed by atoms with van der Waals surface area (Å²) in [5.74, 6) is 1.61. The van der Waals surface area contributed by atoms with Gasteiger partial charge in [0, 0.05) is 0 Å². The minimum atomic E-state index is 0.218. The maximum atomic E-state index is 6.05. The lowest BCUT2D eigenvalue weighted by molar-refractivity contribution is -0.0288. The van der Waals surface area contributed by atoms with Crippen molar-refractivity contribution in [3.63, 3.8) is 0 Å². The van der Waals surface area contributed by atoms with Crippen molar-refractivity contribution >= 4 is 0 Å². The molecule has 0 saturated carbocycles. The lowest BCUT2D eigenvalue weighted by atomic mass is 9.75. The highest BCUT2D eigenvalue weighted by molar-refractivity contribution is 4.94. The fraction of sp³-hybridized carbons (Fsp3) is 1.00. The number of hydrogen-bond acceptors (Lipinski definition) is 1. The molecule has 0 bridgehead atoms. The second kappa shape index (κ2) is 4.45. The van der Waals surface area contributed by atoms with Crippen molar-refractivity contribution < 1.29 is 4.74 Å². The summed E-state index contributed by atoms with van der Waals surface area (Å²) in [4.78, 5) is 0. The van der Waals surface area contributed by atoms with Crippen LogP contribution in [0.4, 0.5) is 0 Å². The monoisotopic (exact) mass is 184 g/mol. The largest absolute Gasteiger partial charge is 0.374 e. The van der Waals surface area contributed by atoms with Crippen molar-refractivity contribution in [1.29, 1.82) is 0 Å². The highest BCUT2D eigenvalue weighted by Crippen LogP contribution is 2.44. The molecule has 1 aliphatic rings. The lowest BCUT2D eigenvalue weighted by Gasteiger charge is -2.33. The van der Waals surface area contributed by atoms with E-state index in [9.17, 15) is 0 Å². The highest BCUT2D eigenvalue weighted by Gasteiger charge is 2.45. The maximum absolute atomic E-state index is 6.05. The molecule has 1 rings (SSSR count). The SMILES string of the molecule is CCC1COC(CC)(CC)C1CC. The Morgan fingerprint density at radius 3 is 2.08 bits per heavy atom. The molecule has 0 spiro atoms. The maximum Gasteiger partial charge on any atom is 0.0708 e. The lowest BCUT2D eigenvalue weighted by Crippen LogP contribution is -2.35. The topological polar surface area (TPSA) is 9.23 Å². The molecule has 78 valence electrons. The fourth-order valence-electron chi connectivity index (χ4n) is 3.01. The van der Waals surface area contributed by atoms with Crippen LogP contribution in [-0.4, -0.2) is 12.2 Å². The predicted octanol–water partition coefficient (Wildman–Crippen LogP) is 3.63. The van der Waals surface area contributed by atoms with Crippen LogP contribution < -0.4 is 0 Å². The first-order valence-electron chi connectivity index (χ1n) is 5.88. The van der Waals surface area contributed by atoms with Gasteiger partial charge in [-0.15, -0.1) is 0 Å². The number of ether oxygens (including phenoxy) is 1. The number of rotatable bonds is 4. The summed E-state index contributed by atoms with van der Waals surface area (Å²) in [5.41, 5.74) is 0.218. The normalized spacial score (nSPS) is 32.3. The van der Waals surface area contributed by atoms with E-state index in [-0.39, 0.29) is 5.60 Å². The Morgan fingerprint density at radius 1 is 1.08 bits per heavy atom. The van der Waals surface area contributed by atoms with Gasteiger partial charge in [-0.3, -0.25) is 0 Å². The van der Waals surface area contributed by atoms with E-state index in [0.717, 1.165) is 18.4 Å². The van der Waals surface area contributed by atoms with Gasteiger partial charge in [0.25, 0.3) is 0 Å². The first-order valence-corrected chi connectivity index (χ1v) is 5.88. The Bertz CT molecular complexity index is 149. The zero-order chi connectivity index (χ0) is 9.90. The van der Waals surface area contributed by atoms with E-state index in [4.69, 9.17) is 4.74 Å². The first kappa shape index (κ1) is 11.0. The summed E-state index contributed by atoms with van der Waals surface area (Å²) in [6, 6.07) is 0. The molecule has 0 aromatic carbocycles. The molecule has 1 heteroatoms. The summed E-state index contributed by atoms with van der Waals surface area (Å²) in [6.45, 7) is 10.1. The van der Waals surface area contributed by atoms with Gasteiger partial charge in [-0.2, -0.15) is 0 Å². The van der Waals surface area contributed by atoms with Crippen LogP contribution in [-0.2, 0) is 4.74 Å². The summed E-state index contributed by atoms with van der Waals surface area (Å²) in [5, 5.41) is 0. The molecule has 0 radical (unpaired) electrons. The molecular weight excluding hydrogens is 160 g/mol. The zero-order valence-corrected chi connectivity index (χ0v) is 9.60. The van der Waals surface area contributed by atoms with Gasteiger partial charge in [0.15, 0.2) is 0 Å². The van der Waals surface area contributed by atoms with Crippen LogP contribution in [0.2, 0.25) is 0 Å². The summed E-state index contributed by atoms with van der Waals surface area (Å²) in [6.07, 6.45) is 4.91. The Balaban J connectivity index is 2.75. The minimum Gasteiger partial charge on any atom is -0.374 e. The summed E-state index contributed by atoms with van der Waals surface area (Å²) >= 11 is 0. The zero-order valence-electron chi connectivity index (χ0n) is 9.60. The van der Waals surface area contributed by atoms with Crippen LogP contribution in [0.1, 0.15) is 53.4 Å². The minimum absolute atomic E-state index is 0.218. The van der Waals surface area contributed by atoms with Crippen molar-refractivity contribution in [3.8, 4) is 0 Å². The van der Waals surface area contributed by atoms with Crippen LogP contribution in [0, 0.1) is 11.8 Å². The highest BCUT2D eigenvalue weighted by atomic mass is 16.5. The van der Waals surface area contributed by atoms with Crippen molar-refractivity contribution in [1.82, 2.24) is 0 Å². The smallest absolute Gasteiger partial charge is 0.0708 e. The summed E-state index contributed by atoms with van der Waals surface area (Å²) < 4.78 is 6.05. The molecule has 1 heterocycles. The van der Waals surface area contributed by atoms with E-state index < -0.39 is 0 Å². The molecule has 13 heavy (non-hydrogen) atoms. The average Bonchev–Trinajstić information content (AvgIpc) is 2.55. The van der Waals surface area contributed by atoms with Gasteiger partial charge in [-0.1, -0.05) is 40.5 Å². The van der Waals surface area contributed by atoms with Gasteiger partial charge in [-0.25, -0.2) is 0 Å². The molecule has 2 unspecified atom stereocenters. The van der Waals surface area contributed by atoms with E-state index in [1.54, 1.807) is 0 Å². The molecule has 0 aromatic heterocycles. The van der Waals surface area contributed by atoms with Gasteiger partial charge in [0.2, 0.25) is 0 Å². The average molecular weight is 184 g/mol. The molecule has 1 saturated heterocycles. The molecular formula is C12H24O. The first-order chi connectivity index (χ1) is 6.24. The van der Waals surface area contributed by atoms with Crippen LogP contribution in [0.5, 0.6) is 0 Å². The molecule has 0 aliphatic carbocycles. The quantitative estimate of drug-likeness (QED) is 0.648. The van der Waals surface area contributed by atoms with Crippen molar-refractivity contribution in [3.05, 3.63) is 0 Å². The van der Waals surface area contributed by atoms with E-state index in [2.05, 4.69) is 27.7 Å². The van der Waals surface area contributed by atoms with E-state index in [0.29, 0.717) is 0 Å². The standard InChI is InChI=1S/C12H24O/c1-5-10-9-13-12(7-3,8-4)11(10)6-2/h10-11H,5-9H2,1-4H3. The molecule has 0 aromatic rings. The number of hydrogen-bond donors (Lipinski definition) is 0. The summed E-state index contributed by atoms with van der Waals surface area (Å²) in [7, 11) is 0. The fourth-order valence-corrected chi connectivity index (χ4v) is 3.01. The van der Waals surface area contributed by atoms with Gasteiger partial charge in [-0.05, 0) is 24.7 Å². The third-order valence-electron chi connectivity index (χ3n) is 3.99. The Labute approximate surface area is 82.9 Å². The molecule has 1 nitrogen and oxygen atoms in total. The predicted molar refractivity (Wildman–Crippen MR) is 56.8 cm³/mol. The van der Waals surface area contributed by atoms with Crippen LogP contribution in [0.15, 0.2) is 0 Å². The molecule has 0 amide bonds. The van der Waals surface area contributed by atoms with Gasteiger partial charge >= 0.3 is 0 Å². The molecule has 2 atom stereocenters. The second-order valence-corrected chi connectivity index (χ2v) is 4.27. The van der Waals surface area contributed by atoms with Crippen molar-refractivity contribution in [2.24, 2.45) is 11.8 Å². The third-order valence-corrected chi connectivity index (χ3v) is 3.99. The Kier molecular flexibility index (Phi) is 3.78. The van der Waals surface area contributed by atoms with E-state index >= 15 is 0 Å². The van der Waals surface area contributed by atoms with Crippen molar-refractivity contribution in [2.45, 2.75) is 59.0 Å². The van der Waals surface area contributed by atoms with Crippen LogP contribution in [0.3, 0.4) is 0 Å². The van der Waals surface area contributed by atoms with Crippen molar-refractivity contribution in [2.75, 3.05) is 6.61 Å². The molecule has 0 N–H and O–H groups in total. The Hall–Kier alpha value is -0.0400. The van der Waals surface area contributed by atoms with Crippen LogP contribution in [0.25, 0.3) is 0 Å². The molecule has 1 fully saturated rings. The van der Waals surface area contributed by atoms with Gasteiger partial charge in [0.1, 0.15) is 0 Å². The van der Waals surface area contributed by atoms with Crippen LogP contribution >= 0.6 is 0 Å². The van der Waals surface area contributed by atoms with E-state index in [1.165, 1.54) is 25.7 Å². The van der Waals surface area contributed by atoms with Gasteiger partial charge in [0.05, 0.1) is 12.2 Å². The second-order valence-electron chi connectivity index (χ2n) is 4.27. The Morgan fingerprint density at radius 2 is 1.69 bits per heavy atom. The molecule has 1 aliphatic heterocycles. The van der Waals surface area contributed by atoms with Gasteiger partial charge < -0.3 is 4.74 Å². The third kappa shape index (κ3) is 1.76.